The van der Waals surface area contributed by atoms with Crippen LogP contribution in [0, 0.1) is 6.92 Å². The summed E-state index contributed by atoms with van der Waals surface area (Å²) in [5.74, 6) is 0.393. The molecule has 0 fully saturated rings. The number of hydrogen-bond donors (Lipinski definition) is 1. The maximum atomic E-state index is 12.7. The van der Waals surface area contributed by atoms with E-state index in [2.05, 4.69) is 22.6 Å². The molecule has 3 aromatic rings. The van der Waals surface area contributed by atoms with E-state index in [-0.39, 0.29) is 11.9 Å². The molecule has 0 saturated heterocycles. The van der Waals surface area contributed by atoms with E-state index in [9.17, 15) is 4.79 Å². The number of nitrogens with one attached hydrogen (secondary N) is 1. The highest BCUT2D eigenvalue weighted by Gasteiger charge is 2.22. The van der Waals surface area contributed by atoms with Gasteiger partial charge < -0.3 is 9.84 Å². The van der Waals surface area contributed by atoms with Crippen LogP contribution in [0.15, 0.2) is 65.2 Å². The van der Waals surface area contributed by atoms with Crippen LogP contribution in [-0.2, 0) is 6.42 Å². The van der Waals surface area contributed by atoms with E-state index < -0.39 is 0 Å². The molecule has 1 unspecified atom stereocenters. The molecule has 3 rings (SSSR count). The van der Waals surface area contributed by atoms with Crippen LogP contribution in [0.2, 0.25) is 0 Å². The molecule has 0 aliphatic heterocycles. The zero-order valence-corrected chi connectivity index (χ0v) is 14.5. The van der Waals surface area contributed by atoms with E-state index in [1.165, 1.54) is 5.56 Å². The number of benzene rings is 2. The molecular formula is C21H22N2O2. The average Bonchev–Trinajstić information content (AvgIpc) is 3.03. The zero-order chi connectivity index (χ0) is 17.6. The van der Waals surface area contributed by atoms with Crippen molar-refractivity contribution in [2.45, 2.75) is 32.7 Å². The Kier molecular flexibility index (Phi) is 5.29. The van der Waals surface area contributed by atoms with Crippen LogP contribution in [0.5, 0.6) is 0 Å². The van der Waals surface area contributed by atoms with Crippen LogP contribution in [0.1, 0.15) is 35.0 Å². The van der Waals surface area contributed by atoms with Crippen molar-refractivity contribution < 1.29 is 9.32 Å². The van der Waals surface area contributed by atoms with Gasteiger partial charge in [0.05, 0.1) is 0 Å². The molecule has 0 radical (unpaired) electrons. The molecule has 0 saturated carbocycles. The molecular weight excluding hydrogens is 312 g/mol. The third kappa shape index (κ3) is 4.15. The lowest BCUT2D eigenvalue weighted by atomic mass is 10.0. The third-order valence-electron chi connectivity index (χ3n) is 4.22. The Labute approximate surface area is 147 Å². The quantitative estimate of drug-likeness (QED) is 0.727. The van der Waals surface area contributed by atoms with Crippen molar-refractivity contribution in [3.8, 4) is 11.3 Å². The third-order valence-corrected chi connectivity index (χ3v) is 4.22. The number of hydrogen-bond acceptors (Lipinski definition) is 3. The lowest BCUT2D eigenvalue weighted by Gasteiger charge is -2.14. The van der Waals surface area contributed by atoms with Crippen molar-refractivity contribution in [1.82, 2.24) is 10.5 Å². The van der Waals surface area contributed by atoms with Gasteiger partial charge in [-0.25, -0.2) is 0 Å². The second-order valence-corrected chi connectivity index (χ2v) is 6.23. The lowest BCUT2D eigenvalue weighted by molar-refractivity contribution is 0.0937. The molecule has 4 nitrogen and oxygen atoms in total. The van der Waals surface area contributed by atoms with Gasteiger partial charge >= 0.3 is 0 Å². The van der Waals surface area contributed by atoms with Gasteiger partial charge in [-0.3, -0.25) is 4.79 Å². The normalized spacial score (nSPS) is 11.9. The first kappa shape index (κ1) is 17.0. The van der Waals surface area contributed by atoms with Crippen molar-refractivity contribution in [1.29, 1.82) is 0 Å². The van der Waals surface area contributed by atoms with Gasteiger partial charge in [0.1, 0.15) is 17.0 Å². The standard InChI is InChI=1S/C21H22N2O2/c1-15(13-14-17-9-5-3-6-10-17)22-21(24)19-16(2)25-23-20(19)18-11-7-4-8-12-18/h3-12,15H,13-14H2,1-2H3,(H,22,24). The van der Waals surface area contributed by atoms with Crippen LogP contribution in [-0.4, -0.2) is 17.1 Å². The first-order chi connectivity index (χ1) is 12.1. The number of aryl methyl sites for hydroxylation is 2. The summed E-state index contributed by atoms with van der Waals surface area (Å²) in [6.45, 7) is 3.79. The molecule has 4 heteroatoms. The predicted octanol–water partition coefficient (Wildman–Crippen LogP) is 4.40. The first-order valence-electron chi connectivity index (χ1n) is 8.51. The number of nitrogens with zero attached hydrogens (tertiary/aromatic N) is 1. The van der Waals surface area contributed by atoms with E-state index in [0.717, 1.165) is 18.4 Å². The number of amides is 1. The Morgan fingerprint density at radius 2 is 1.72 bits per heavy atom. The topological polar surface area (TPSA) is 55.1 Å². The van der Waals surface area contributed by atoms with Gasteiger partial charge in [-0.1, -0.05) is 65.8 Å². The Bertz CT molecular complexity index is 826. The van der Waals surface area contributed by atoms with E-state index in [0.29, 0.717) is 17.0 Å². The maximum absolute atomic E-state index is 12.7. The predicted molar refractivity (Wildman–Crippen MR) is 98.4 cm³/mol. The Morgan fingerprint density at radius 1 is 1.08 bits per heavy atom. The van der Waals surface area contributed by atoms with Crippen molar-refractivity contribution in [2.24, 2.45) is 0 Å². The molecule has 1 N–H and O–H groups in total. The van der Waals surface area contributed by atoms with E-state index in [4.69, 9.17) is 4.52 Å². The van der Waals surface area contributed by atoms with Crippen molar-refractivity contribution in [2.75, 3.05) is 0 Å². The first-order valence-corrected chi connectivity index (χ1v) is 8.51. The molecule has 25 heavy (non-hydrogen) atoms. The van der Waals surface area contributed by atoms with Gasteiger partial charge in [0.25, 0.3) is 5.91 Å². The van der Waals surface area contributed by atoms with Crippen LogP contribution < -0.4 is 5.32 Å². The summed E-state index contributed by atoms with van der Waals surface area (Å²) in [4.78, 5) is 12.7. The molecule has 0 aliphatic carbocycles. The molecule has 0 bridgehead atoms. The van der Waals surface area contributed by atoms with Crippen molar-refractivity contribution >= 4 is 5.91 Å². The van der Waals surface area contributed by atoms with Gasteiger partial charge in [0.2, 0.25) is 0 Å². The van der Waals surface area contributed by atoms with E-state index >= 15 is 0 Å². The second-order valence-electron chi connectivity index (χ2n) is 6.23. The monoisotopic (exact) mass is 334 g/mol. The summed E-state index contributed by atoms with van der Waals surface area (Å²) >= 11 is 0. The smallest absolute Gasteiger partial charge is 0.257 e. The van der Waals surface area contributed by atoms with Gasteiger partial charge in [-0.15, -0.1) is 0 Å². The van der Waals surface area contributed by atoms with Crippen LogP contribution in [0.4, 0.5) is 0 Å². The number of carbonyl (C=O) groups is 1. The summed E-state index contributed by atoms with van der Waals surface area (Å²) in [6, 6.07) is 20.0. The lowest BCUT2D eigenvalue weighted by Crippen LogP contribution is -2.33. The fourth-order valence-electron chi connectivity index (χ4n) is 2.83. The molecule has 1 aromatic heterocycles. The molecule has 1 atom stereocenters. The van der Waals surface area contributed by atoms with E-state index in [1.54, 1.807) is 6.92 Å². The number of aromatic nitrogens is 1. The van der Waals surface area contributed by atoms with Crippen LogP contribution >= 0.6 is 0 Å². The summed E-state index contributed by atoms with van der Waals surface area (Å²) in [5, 5.41) is 7.14. The van der Waals surface area contributed by atoms with Gasteiger partial charge in [-0.2, -0.15) is 0 Å². The van der Waals surface area contributed by atoms with Crippen molar-refractivity contribution in [3.63, 3.8) is 0 Å². The minimum atomic E-state index is -0.141. The van der Waals surface area contributed by atoms with E-state index in [1.807, 2.05) is 55.5 Å². The maximum Gasteiger partial charge on any atom is 0.257 e. The highest BCUT2D eigenvalue weighted by molar-refractivity contribution is 6.00. The fraction of sp³-hybridized carbons (Fsp3) is 0.238. The molecule has 2 aromatic carbocycles. The van der Waals surface area contributed by atoms with Crippen LogP contribution in [0.3, 0.4) is 0 Å². The minimum Gasteiger partial charge on any atom is -0.360 e. The molecule has 1 heterocycles. The molecule has 0 spiro atoms. The Hall–Kier alpha value is -2.88. The highest BCUT2D eigenvalue weighted by atomic mass is 16.5. The SMILES string of the molecule is Cc1onc(-c2ccccc2)c1C(=O)NC(C)CCc1ccccc1. The fourth-order valence-corrected chi connectivity index (χ4v) is 2.83. The Balaban J connectivity index is 1.68. The Morgan fingerprint density at radius 3 is 2.40 bits per heavy atom. The highest BCUT2D eigenvalue weighted by Crippen LogP contribution is 2.25. The minimum absolute atomic E-state index is 0.0608. The molecule has 128 valence electrons. The summed E-state index contributed by atoms with van der Waals surface area (Å²) < 4.78 is 5.27. The zero-order valence-electron chi connectivity index (χ0n) is 14.5. The average molecular weight is 334 g/mol. The van der Waals surface area contributed by atoms with Crippen LogP contribution in [0.25, 0.3) is 11.3 Å². The second kappa shape index (κ2) is 7.79. The van der Waals surface area contributed by atoms with Gasteiger partial charge in [0.15, 0.2) is 0 Å². The number of carbonyl (C=O) groups excluding carboxylic acids is 1. The summed E-state index contributed by atoms with van der Waals surface area (Å²) in [5.41, 5.74) is 3.25. The van der Waals surface area contributed by atoms with Gasteiger partial charge in [-0.05, 0) is 32.3 Å². The molecule has 1 amide bonds. The number of rotatable bonds is 6. The van der Waals surface area contributed by atoms with Gasteiger partial charge in [0, 0.05) is 11.6 Å². The summed E-state index contributed by atoms with van der Waals surface area (Å²) in [6.07, 6.45) is 1.80. The van der Waals surface area contributed by atoms with Crippen molar-refractivity contribution in [3.05, 3.63) is 77.6 Å². The molecule has 0 aliphatic rings. The largest absolute Gasteiger partial charge is 0.360 e. The summed E-state index contributed by atoms with van der Waals surface area (Å²) in [7, 11) is 0.